The smallest absolute Gasteiger partial charge is 0.0687 e. The molecule has 0 aromatic heterocycles. The average Bonchev–Trinajstić information content (AvgIpc) is 2.69. The number of hydrogen-bond acceptors (Lipinski definition) is 3. The van der Waals surface area contributed by atoms with Crippen molar-refractivity contribution in [1.29, 1.82) is 0 Å². The lowest BCUT2D eigenvalue weighted by Crippen LogP contribution is -2.32. The van der Waals surface area contributed by atoms with E-state index in [-0.39, 0.29) is 5.60 Å². The zero-order chi connectivity index (χ0) is 11.3. The molecule has 0 aromatic carbocycles. The summed E-state index contributed by atoms with van der Waals surface area (Å²) >= 11 is 1.94. The van der Waals surface area contributed by atoms with Crippen LogP contribution in [-0.4, -0.2) is 34.9 Å². The third kappa shape index (κ3) is 3.38. The molecule has 1 aliphatic carbocycles. The van der Waals surface area contributed by atoms with Gasteiger partial charge in [-0.25, -0.2) is 0 Å². The van der Waals surface area contributed by atoms with Gasteiger partial charge in [-0.1, -0.05) is 19.3 Å². The highest BCUT2D eigenvalue weighted by molar-refractivity contribution is 7.99. The minimum Gasteiger partial charge on any atom is -0.396 e. The molecule has 16 heavy (non-hydrogen) atoms. The monoisotopic (exact) mass is 244 g/mol. The third-order valence-corrected chi connectivity index (χ3v) is 5.04. The molecule has 94 valence electrons. The van der Waals surface area contributed by atoms with E-state index in [9.17, 15) is 0 Å². The number of thioether (sulfide) groups is 1. The van der Waals surface area contributed by atoms with Crippen LogP contribution >= 0.6 is 11.8 Å². The van der Waals surface area contributed by atoms with Crippen LogP contribution < -0.4 is 0 Å². The predicted molar refractivity (Wildman–Crippen MR) is 69.0 cm³/mol. The van der Waals surface area contributed by atoms with E-state index in [2.05, 4.69) is 0 Å². The summed E-state index contributed by atoms with van der Waals surface area (Å²) in [5.74, 6) is 2.20. The van der Waals surface area contributed by atoms with Crippen LogP contribution in [0.15, 0.2) is 0 Å². The molecule has 2 fully saturated rings. The molecule has 2 nitrogen and oxygen atoms in total. The zero-order valence-electron chi connectivity index (χ0n) is 10.1. The van der Waals surface area contributed by atoms with Crippen molar-refractivity contribution in [3.63, 3.8) is 0 Å². The fraction of sp³-hybridized carbons (Fsp3) is 1.00. The summed E-state index contributed by atoms with van der Waals surface area (Å²) in [4.78, 5) is 0. The maximum absolute atomic E-state index is 8.71. The van der Waals surface area contributed by atoms with Crippen LogP contribution in [0.4, 0.5) is 0 Å². The van der Waals surface area contributed by atoms with Gasteiger partial charge in [0.25, 0.3) is 0 Å². The number of aliphatic hydroxyl groups is 1. The molecule has 0 amide bonds. The van der Waals surface area contributed by atoms with E-state index in [1.54, 1.807) is 0 Å². The highest BCUT2D eigenvalue weighted by Gasteiger charge is 2.40. The molecule has 3 heteroatoms. The van der Waals surface area contributed by atoms with Gasteiger partial charge in [0.15, 0.2) is 0 Å². The van der Waals surface area contributed by atoms with Crippen molar-refractivity contribution >= 4 is 11.8 Å². The Morgan fingerprint density at radius 1 is 1.19 bits per heavy atom. The molecule has 2 aliphatic rings. The Morgan fingerprint density at radius 3 is 2.75 bits per heavy atom. The van der Waals surface area contributed by atoms with Crippen molar-refractivity contribution in [2.24, 2.45) is 0 Å². The number of ether oxygens (including phenoxy) is 1. The van der Waals surface area contributed by atoms with Gasteiger partial charge in [-0.15, -0.1) is 0 Å². The second kappa shape index (κ2) is 6.27. The first-order valence-electron chi connectivity index (χ1n) is 6.71. The second-order valence-corrected chi connectivity index (χ2v) is 6.32. The van der Waals surface area contributed by atoms with Crippen molar-refractivity contribution in [3.05, 3.63) is 0 Å². The number of aliphatic hydroxyl groups excluding tert-OH is 1. The fourth-order valence-corrected chi connectivity index (χ4v) is 3.96. The van der Waals surface area contributed by atoms with Gasteiger partial charge in [-0.3, -0.25) is 0 Å². The normalized spacial score (nSPS) is 28.7. The van der Waals surface area contributed by atoms with E-state index >= 15 is 0 Å². The van der Waals surface area contributed by atoms with Gasteiger partial charge >= 0.3 is 0 Å². The molecule has 1 saturated heterocycles. The first-order valence-corrected chi connectivity index (χ1v) is 7.87. The van der Waals surface area contributed by atoms with Crippen LogP contribution in [0.25, 0.3) is 0 Å². The van der Waals surface area contributed by atoms with Gasteiger partial charge in [-0.2, -0.15) is 11.8 Å². The van der Waals surface area contributed by atoms with Crippen LogP contribution in [0.5, 0.6) is 0 Å². The van der Waals surface area contributed by atoms with Gasteiger partial charge in [0, 0.05) is 12.4 Å². The number of hydrogen-bond donors (Lipinski definition) is 1. The summed E-state index contributed by atoms with van der Waals surface area (Å²) in [6.45, 7) is 0.322. The maximum atomic E-state index is 8.71. The molecule has 1 heterocycles. The Hall–Kier alpha value is 0.270. The molecule has 1 atom stereocenters. The summed E-state index contributed by atoms with van der Waals surface area (Å²) in [5.41, 5.74) is 0.278. The lowest BCUT2D eigenvalue weighted by molar-refractivity contribution is -0.0555. The molecular formula is C13H24O2S. The van der Waals surface area contributed by atoms with Crippen molar-refractivity contribution in [3.8, 4) is 0 Å². The van der Waals surface area contributed by atoms with Crippen LogP contribution in [0.3, 0.4) is 0 Å². The maximum Gasteiger partial charge on any atom is 0.0687 e. The predicted octanol–water partition coefficient (Wildman–Crippen LogP) is 2.98. The molecule has 0 aromatic rings. The van der Waals surface area contributed by atoms with E-state index in [1.165, 1.54) is 44.9 Å². The standard InChI is InChI=1S/C13H24O2S/c14-9-4-10-16-11-12-5-8-13(15-12)6-2-1-3-7-13/h12,14H,1-11H2. The molecule has 2 rings (SSSR count). The quantitative estimate of drug-likeness (QED) is 0.754. The Balaban J connectivity index is 1.66. The van der Waals surface area contributed by atoms with Crippen LogP contribution in [0.2, 0.25) is 0 Å². The second-order valence-electron chi connectivity index (χ2n) is 5.17. The van der Waals surface area contributed by atoms with Crippen LogP contribution in [0, 0.1) is 0 Å². The Labute approximate surface area is 103 Å². The van der Waals surface area contributed by atoms with Gasteiger partial charge in [0.1, 0.15) is 0 Å². The highest BCUT2D eigenvalue weighted by atomic mass is 32.2. The van der Waals surface area contributed by atoms with Crippen molar-refractivity contribution in [2.45, 2.75) is 63.1 Å². The van der Waals surface area contributed by atoms with Gasteiger partial charge in [0.05, 0.1) is 11.7 Å². The van der Waals surface area contributed by atoms with Gasteiger partial charge < -0.3 is 9.84 Å². The lowest BCUT2D eigenvalue weighted by atomic mass is 9.83. The summed E-state index contributed by atoms with van der Waals surface area (Å²) < 4.78 is 6.29. The Kier molecular flexibility index (Phi) is 4.98. The van der Waals surface area contributed by atoms with E-state index < -0.39 is 0 Å². The minimum absolute atomic E-state index is 0.278. The van der Waals surface area contributed by atoms with E-state index in [0.29, 0.717) is 12.7 Å². The number of rotatable bonds is 5. The first kappa shape index (κ1) is 12.7. The SMILES string of the molecule is OCCCSCC1CCC2(CCCCC2)O1. The minimum atomic E-state index is 0.278. The molecule has 0 bridgehead atoms. The molecule has 1 spiro atoms. The molecule has 1 N–H and O–H groups in total. The molecule has 0 radical (unpaired) electrons. The van der Waals surface area contributed by atoms with E-state index in [0.717, 1.165) is 17.9 Å². The largest absolute Gasteiger partial charge is 0.396 e. The zero-order valence-corrected chi connectivity index (χ0v) is 10.9. The van der Waals surface area contributed by atoms with E-state index in [4.69, 9.17) is 9.84 Å². The Morgan fingerprint density at radius 2 is 2.00 bits per heavy atom. The van der Waals surface area contributed by atoms with Crippen LogP contribution in [-0.2, 0) is 4.74 Å². The average molecular weight is 244 g/mol. The van der Waals surface area contributed by atoms with Crippen LogP contribution in [0.1, 0.15) is 51.4 Å². The molecular weight excluding hydrogens is 220 g/mol. The van der Waals surface area contributed by atoms with Crippen molar-refractivity contribution < 1.29 is 9.84 Å². The van der Waals surface area contributed by atoms with Crippen molar-refractivity contribution in [2.75, 3.05) is 18.1 Å². The lowest BCUT2D eigenvalue weighted by Gasteiger charge is -2.33. The molecule has 1 aliphatic heterocycles. The summed E-state index contributed by atoms with van der Waals surface area (Å²) in [7, 11) is 0. The summed E-state index contributed by atoms with van der Waals surface area (Å²) in [5, 5.41) is 8.71. The van der Waals surface area contributed by atoms with Crippen molar-refractivity contribution in [1.82, 2.24) is 0 Å². The first-order chi connectivity index (χ1) is 7.85. The van der Waals surface area contributed by atoms with Gasteiger partial charge in [0.2, 0.25) is 0 Å². The fourth-order valence-electron chi connectivity index (χ4n) is 2.96. The molecule has 1 unspecified atom stereocenters. The highest BCUT2D eigenvalue weighted by Crippen LogP contribution is 2.42. The Bertz CT molecular complexity index is 202. The van der Waals surface area contributed by atoms with E-state index in [1.807, 2.05) is 11.8 Å². The molecule has 1 saturated carbocycles. The third-order valence-electron chi connectivity index (χ3n) is 3.85. The van der Waals surface area contributed by atoms with Gasteiger partial charge in [-0.05, 0) is 37.9 Å². The topological polar surface area (TPSA) is 29.5 Å². The summed E-state index contributed by atoms with van der Waals surface area (Å²) in [6.07, 6.45) is 10.7. The summed E-state index contributed by atoms with van der Waals surface area (Å²) in [6, 6.07) is 0.